The summed E-state index contributed by atoms with van der Waals surface area (Å²) >= 11 is 0. The van der Waals surface area contributed by atoms with Crippen molar-refractivity contribution in [3.05, 3.63) is 24.1 Å². The maximum absolute atomic E-state index is 12.1. The monoisotopic (exact) mass is 301 g/mol. The van der Waals surface area contributed by atoms with Gasteiger partial charge in [0.25, 0.3) is 0 Å². The summed E-state index contributed by atoms with van der Waals surface area (Å²) in [5, 5.41) is 3.95. The minimum Gasteiger partial charge on any atom is -0.342 e. The van der Waals surface area contributed by atoms with Gasteiger partial charge in [-0.05, 0) is 6.42 Å². The zero-order valence-electron chi connectivity index (χ0n) is 13.0. The number of aryl methyl sites for hydroxylation is 1. The van der Waals surface area contributed by atoms with Crippen molar-refractivity contribution in [1.82, 2.24) is 25.0 Å². The molecule has 0 bridgehead atoms. The van der Waals surface area contributed by atoms with Crippen LogP contribution in [0.3, 0.4) is 0 Å². The zero-order valence-corrected chi connectivity index (χ0v) is 13.0. The van der Waals surface area contributed by atoms with Gasteiger partial charge in [0.1, 0.15) is 6.33 Å². The molecule has 3 heterocycles. The lowest BCUT2D eigenvalue weighted by molar-refractivity contribution is -0.133. The third kappa shape index (κ3) is 2.70. The molecule has 2 aromatic heterocycles. The molecule has 7 nitrogen and oxygen atoms in total. The first-order chi connectivity index (χ1) is 10.6. The van der Waals surface area contributed by atoms with E-state index < -0.39 is 0 Å². The van der Waals surface area contributed by atoms with Gasteiger partial charge >= 0.3 is 0 Å². The Labute approximate surface area is 128 Å². The Balaban J connectivity index is 1.86. The third-order valence-corrected chi connectivity index (χ3v) is 3.89. The van der Waals surface area contributed by atoms with Gasteiger partial charge in [-0.1, -0.05) is 19.0 Å². The van der Waals surface area contributed by atoms with E-state index in [1.54, 1.807) is 13.1 Å². The van der Waals surface area contributed by atoms with E-state index in [2.05, 4.69) is 20.1 Å². The average molecular weight is 301 g/mol. The van der Waals surface area contributed by atoms with Crippen LogP contribution in [0.25, 0.3) is 11.4 Å². The Kier molecular flexibility index (Phi) is 3.87. The van der Waals surface area contributed by atoms with E-state index in [1.165, 1.54) is 6.33 Å². The molecule has 1 fully saturated rings. The molecular formula is C15H19N5O2. The van der Waals surface area contributed by atoms with Crippen LogP contribution in [0.5, 0.6) is 0 Å². The average Bonchev–Trinajstić information content (AvgIpc) is 3.15. The van der Waals surface area contributed by atoms with E-state index in [0.717, 1.165) is 24.2 Å². The number of nitrogens with zero attached hydrogens (tertiary/aromatic N) is 5. The lowest BCUT2D eigenvalue weighted by Crippen LogP contribution is -2.32. The molecule has 1 saturated heterocycles. The van der Waals surface area contributed by atoms with Gasteiger partial charge in [0.05, 0.1) is 11.3 Å². The number of carbonyl (C=O) groups is 1. The van der Waals surface area contributed by atoms with Crippen LogP contribution in [-0.2, 0) is 4.79 Å². The molecule has 116 valence electrons. The number of likely N-dealkylation sites (tertiary alicyclic amines) is 1. The van der Waals surface area contributed by atoms with Crippen molar-refractivity contribution in [3.8, 4) is 11.4 Å². The van der Waals surface area contributed by atoms with E-state index in [0.29, 0.717) is 18.3 Å². The van der Waals surface area contributed by atoms with Gasteiger partial charge in [0, 0.05) is 38.0 Å². The summed E-state index contributed by atoms with van der Waals surface area (Å²) in [6.07, 6.45) is 4.12. The van der Waals surface area contributed by atoms with Gasteiger partial charge in [-0.3, -0.25) is 4.79 Å². The van der Waals surface area contributed by atoms with Crippen molar-refractivity contribution < 1.29 is 9.32 Å². The number of hydrogen-bond donors (Lipinski definition) is 0. The van der Waals surface area contributed by atoms with Crippen molar-refractivity contribution in [3.63, 3.8) is 0 Å². The molecule has 7 heteroatoms. The van der Waals surface area contributed by atoms with Gasteiger partial charge in [-0.15, -0.1) is 0 Å². The molecule has 0 aromatic carbocycles. The minimum absolute atomic E-state index is 0.0171. The first kappa shape index (κ1) is 14.6. The van der Waals surface area contributed by atoms with Crippen molar-refractivity contribution >= 4 is 5.91 Å². The van der Waals surface area contributed by atoms with E-state index >= 15 is 0 Å². The van der Waals surface area contributed by atoms with Gasteiger partial charge in [0.2, 0.25) is 17.6 Å². The smallest absolute Gasteiger partial charge is 0.225 e. The standard InChI is InChI=1S/C15H19N5O2/c1-9(2)15(21)20-5-4-11(7-20)13-12(6-16-8-17-13)14-18-10(3)22-19-14/h6,8-9,11H,4-5,7H2,1-3H3. The zero-order chi connectivity index (χ0) is 15.7. The molecule has 1 aliphatic rings. The molecular weight excluding hydrogens is 282 g/mol. The minimum atomic E-state index is 0.0171. The van der Waals surface area contributed by atoms with Crippen LogP contribution in [0.15, 0.2) is 17.0 Å². The number of hydrogen-bond acceptors (Lipinski definition) is 6. The molecule has 0 aliphatic carbocycles. The van der Waals surface area contributed by atoms with Gasteiger partial charge in [-0.2, -0.15) is 4.98 Å². The van der Waals surface area contributed by atoms with E-state index in [-0.39, 0.29) is 17.7 Å². The Morgan fingerprint density at radius 1 is 1.45 bits per heavy atom. The Morgan fingerprint density at radius 3 is 2.95 bits per heavy atom. The highest BCUT2D eigenvalue weighted by Crippen LogP contribution is 2.32. The van der Waals surface area contributed by atoms with Crippen molar-refractivity contribution in [2.24, 2.45) is 5.92 Å². The first-order valence-electron chi connectivity index (χ1n) is 7.45. The van der Waals surface area contributed by atoms with Crippen LogP contribution in [0.4, 0.5) is 0 Å². The largest absolute Gasteiger partial charge is 0.342 e. The summed E-state index contributed by atoms with van der Waals surface area (Å²) in [6, 6.07) is 0. The van der Waals surface area contributed by atoms with Crippen LogP contribution in [0.2, 0.25) is 0 Å². The second kappa shape index (κ2) is 5.82. The van der Waals surface area contributed by atoms with Gasteiger partial charge in [-0.25, -0.2) is 9.97 Å². The SMILES string of the molecule is Cc1nc(-c2cncnc2C2CCN(C(=O)C(C)C)C2)no1. The summed E-state index contributed by atoms with van der Waals surface area (Å²) in [4.78, 5) is 26.8. The normalized spacial score (nSPS) is 18.2. The summed E-state index contributed by atoms with van der Waals surface area (Å²) < 4.78 is 5.05. The predicted octanol–water partition coefficient (Wildman–Crippen LogP) is 1.81. The number of aromatic nitrogens is 4. The maximum atomic E-state index is 12.1. The molecule has 1 amide bonds. The van der Waals surface area contributed by atoms with Crippen LogP contribution < -0.4 is 0 Å². The van der Waals surface area contributed by atoms with E-state index in [9.17, 15) is 4.79 Å². The van der Waals surface area contributed by atoms with Crippen molar-refractivity contribution in [2.75, 3.05) is 13.1 Å². The molecule has 2 aromatic rings. The molecule has 0 spiro atoms. The fourth-order valence-corrected chi connectivity index (χ4v) is 2.79. The van der Waals surface area contributed by atoms with Gasteiger partial charge < -0.3 is 9.42 Å². The number of carbonyl (C=O) groups excluding carboxylic acids is 1. The van der Waals surface area contributed by atoms with Crippen LogP contribution in [0, 0.1) is 12.8 Å². The fraction of sp³-hybridized carbons (Fsp3) is 0.533. The number of rotatable bonds is 3. The summed E-state index contributed by atoms with van der Waals surface area (Å²) in [5.41, 5.74) is 1.66. The Morgan fingerprint density at radius 2 is 2.27 bits per heavy atom. The summed E-state index contributed by atoms with van der Waals surface area (Å²) in [6.45, 7) is 7.04. The molecule has 0 saturated carbocycles. The highest BCUT2D eigenvalue weighted by atomic mass is 16.5. The highest BCUT2D eigenvalue weighted by molar-refractivity contribution is 5.78. The molecule has 1 unspecified atom stereocenters. The van der Waals surface area contributed by atoms with Crippen molar-refractivity contribution in [1.29, 1.82) is 0 Å². The Bertz CT molecular complexity index is 682. The van der Waals surface area contributed by atoms with Crippen LogP contribution in [0.1, 0.15) is 37.8 Å². The first-order valence-corrected chi connectivity index (χ1v) is 7.45. The van der Waals surface area contributed by atoms with E-state index in [4.69, 9.17) is 4.52 Å². The van der Waals surface area contributed by atoms with Crippen molar-refractivity contribution in [2.45, 2.75) is 33.1 Å². The molecule has 1 atom stereocenters. The molecule has 0 radical (unpaired) electrons. The maximum Gasteiger partial charge on any atom is 0.225 e. The van der Waals surface area contributed by atoms with E-state index in [1.807, 2.05) is 18.7 Å². The molecule has 3 rings (SSSR count). The fourth-order valence-electron chi connectivity index (χ4n) is 2.79. The lowest BCUT2D eigenvalue weighted by atomic mass is 10.00. The topological polar surface area (TPSA) is 85.0 Å². The molecule has 0 N–H and O–H groups in total. The van der Waals surface area contributed by atoms with Crippen LogP contribution >= 0.6 is 0 Å². The molecule has 1 aliphatic heterocycles. The Hall–Kier alpha value is -2.31. The second-order valence-electron chi connectivity index (χ2n) is 5.88. The second-order valence-corrected chi connectivity index (χ2v) is 5.88. The van der Waals surface area contributed by atoms with Gasteiger partial charge in [0.15, 0.2) is 0 Å². The summed E-state index contributed by atoms with van der Waals surface area (Å²) in [7, 11) is 0. The van der Waals surface area contributed by atoms with Crippen LogP contribution in [-0.4, -0.2) is 44.0 Å². The lowest BCUT2D eigenvalue weighted by Gasteiger charge is -2.19. The summed E-state index contributed by atoms with van der Waals surface area (Å²) in [5.74, 6) is 1.39. The predicted molar refractivity (Wildman–Crippen MR) is 78.8 cm³/mol. The quantitative estimate of drug-likeness (QED) is 0.859. The third-order valence-electron chi connectivity index (χ3n) is 3.89. The highest BCUT2D eigenvalue weighted by Gasteiger charge is 2.31. The molecule has 22 heavy (non-hydrogen) atoms. The number of amides is 1.